The number of anilines is 1. The summed E-state index contributed by atoms with van der Waals surface area (Å²) in [4.78, 5) is 19.1. The molecule has 1 aromatic carbocycles. The van der Waals surface area contributed by atoms with Gasteiger partial charge in [0.1, 0.15) is 5.82 Å². The molecule has 0 radical (unpaired) electrons. The average molecular weight is 327 g/mol. The van der Waals surface area contributed by atoms with Gasteiger partial charge in [0.25, 0.3) is 5.91 Å². The minimum Gasteiger partial charge on any atom is -0.355 e. The molecule has 1 aliphatic heterocycles. The smallest absolute Gasteiger partial charge is 0.253 e. The molecule has 1 fully saturated rings. The second-order valence-electron chi connectivity index (χ2n) is 5.58. The van der Waals surface area contributed by atoms with Crippen LogP contribution in [0.1, 0.15) is 15.9 Å². The summed E-state index contributed by atoms with van der Waals surface area (Å²) in [6.45, 7) is 4.08. The minimum absolute atomic E-state index is 0.100. The maximum absolute atomic E-state index is 12.2. The summed E-state index contributed by atoms with van der Waals surface area (Å²) in [5.41, 5.74) is 3.81. The second kappa shape index (κ2) is 7.04. The Bertz CT molecular complexity index is 711. The van der Waals surface area contributed by atoms with Gasteiger partial charge in [-0.15, -0.1) is 0 Å². The highest BCUT2D eigenvalue weighted by molar-refractivity contribution is 7.99. The van der Waals surface area contributed by atoms with Crippen molar-refractivity contribution in [3.63, 3.8) is 0 Å². The van der Waals surface area contributed by atoms with Gasteiger partial charge < -0.3 is 10.2 Å². The summed E-state index contributed by atoms with van der Waals surface area (Å²) in [6, 6.07) is 10.2. The molecule has 0 atom stereocenters. The first kappa shape index (κ1) is 15.9. The van der Waals surface area contributed by atoms with Crippen molar-refractivity contribution >= 4 is 23.5 Å². The number of aryl methyl sites for hydroxylation is 1. The van der Waals surface area contributed by atoms with Gasteiger partial charge >= 0.3 is 0 Å². The first-order valence-corrected chi connectivity index (χ1v) is 8.97. The number of nitrogens with zero attached hydrogens (tertiary/aromatic N) is 2. The summed E-state index contributed by atoms with van der Waals surface area (Å²) >= 11 is 1.97. The normalized spacial score (nSPS) is 14.6. The molecule has 5 heteroatoms. The van der Waals surface area contributed by atoms with E-state index in [0.717, 1.165) is 47.1 Å². The SMILES string of the molecule is CNC(=O)c1cnc(N2CCSCC2)cc1-c1ccccc1C. The molecule has 23 heavy (non-hydrogen) atoms. The van der Waals surface area contributed by atoms with Gasteiger partial charge in [0, 0.05) is 37.8 Å². The largest absolute Gasteiger partial charge is 0.355 e. The number of benzene rings is 1. The number of carbonyl (C=O) groups is 1. The fourth-order valence-electron chi connectivity index (χ4n) is 2.82. The van der Waals surface area contributed by atoms with Crippen LogP contribution in [0.25, 0.3) is 11.1 Å². The fraction of sp³-hybridized carbons (Fsp3) is 0.333. The van der Waals surface area contributed by atoms with Crippen molar-refractivity contribution in [3.8, 4) is 11.1 Å². The number of carbonyl (C=O) groups excluding carboxylic acids is 1. The lowest BCUT2D eigenvalue weighted by Crippen LogP contribution is -2.33. The van der Waals surface area contributed by atoms with Crippen LogP contribution in [0.2, 0.25) is 0 Å². The van der Waals surface area contributed by atoms with E-state index in [2.05, 4.69) is 40.3 Å². The maximum atomic E-state index is 12.2. The van der Waals surface area contributed by atoms with Crippen LogP contribution < -0.4 is 10.2 Å². The van der Waals surface area contributed by atoms with Crippen molar-refractivity contribution in [2.45, 2.75) is 6.92 Å². The number of amides is 1. The van der Waals surface area contributed by atoms with Crippen molar-refractivity contribution in [1.82, 2.24) is 10.3 Å². The summed E-state index contributed by atoms with van der Waals surface area (Å²) in [7, 11) is 1.65. The third-order valence-corrected chi connectivity index (χ3v) is 5.07. The average Bonchev–Trinajstić information content (AvgIpc) is 2.62. The molecule has 0 aliphatic carbocycles. The molecule has 0 unspecified atom stereocenters. The number of rotatable bonds is 3. The lowest BCUT2D eigenvalue weighted by atomic mass is 9.97. The number of hydrogen-bond donors (Lipinski definition) is 1. The van der Waals surface area contributed by atoms with E-state index in [9.17, 15) is 4.79 Å². The highest BCUT2D eigenvalue weighted by atomic mass is 32.2. The van der Waals surface area contributed by atoms with E-state index in [-0.39, 0.29) is 5.91 Å². The van der Waals surface area contributed by atoms with E-state index in [1.165, 1.54) is 0 Å². The number of thioether (sulfide) groups is 1. The molecule has 1 aromatic heterocycles. The van der Waals surface area contributed by atoms with Crippen LogP contribution in [-0.4, -0.2) is 42.5 Å². The van der Waals surface area contributed by atoms with Gasteiger partial charge in [-0.25, -0.2) is 4.98 Å². The third kappa shape index (κ3) is 3.34. The lowest BCUT2D eigenvalue weighted by molar-refractivity contribution is 0.0963. The molecule has 1 N–H and O–H groups in total. The zero-order valence-corrected chi connectivity index (χ0v) is 14.3. The first-order chi connectivity index (χ1) is 11.2. The van der Waals surface area contributed by atoms with Crippen molar-refractivity contribution in [3.05, 3.63) is 47.7 Å². The molecule has 0 spiro atoms. The molecule has 120 valence electrons. The third-order valence-electron chi connectivity index (χ3n) is 4.13. The summed E-state index contributed by atoms with van der Waals surface area (Å²) in [6.07, 6.45) is 1.71. The Labute approximate surface area is 141 Å². The Kier molecular flexibility index (Phi) is 4.86. The molecule has 0 saturated carbocycles. The molecule has 4 nitrogen and oxygen atoms in total. The first-order valence-electron chi connectivity index (χ1n) is 7.81. The van der Waals surface area contributed by atoms with E-state index in [4.69, 9.17) is 0 Å². The van der Waals surface area contributed by atoms with Crippen molar-refractivity contribution in [1.29, 1.82) is 0 Å². The van der Waals surface area contributed by atoms with Crippen LogP contribution in [0.5, 0.6) is 0 Å². The van der Waals surface area contributed by atoms with Crippen LogP contribution in [0.3, 0.4) is 0 Å². The van der Waals surface area contributed by atoms with Crippen LogP contribution in [0.15, 0.2) is 36.5 Å². The maximum Gasteiger partial charge on any atom is 0.253 e. The van der Waals surface area contributed by atoms with Crippen LogP contribution in [-0.2, 0) is 0 Å². The van der Waals surface area contributed by atoms with Gasteiger partial charge in [-0.1, -0.05) is 24.3 Å². The predicted octanol–water partition coefficient (Wildman–Crippen LogP) is 2.97. The highest BCUT2D eigenvalue weighted by Crippen LogP contribution is 2.30. The minimum atomic E-state index is -0.100. The van der Waals surface area contributed by atoms with Crippen molar-refractivity contribution < 1.29 is 4.79 Å². The monoisotopic (exact) mass is 327 g/mol. The Morgan fingerprint density at radius 2 is 1.96 bits per heavy atom. The molecule has 3 rings (SSSR count). The Morgan fingerprint density at radius 3 is 2.65 bits per heavy atom. The van der Waals surface area contributed by atoms with Crippen LogP contribution in [0, 0.1) is 6.92 Å². The molecule has 2 heterocycles. The second-order valence-corrected chi connectivity index (χ2v) is 6.81. The summed E-state index contributed by atoms with van der Waals surface area (Å²) in [5, 5.41) is 2.71. The highest BCUT2D eigenvalue weighted by Gasteiger charge is 2.18. The van der Waals surface area contributed by atoms with Gasteiger partial charge in [-0.05, 0) is 29.7 Å². The predicted molar refractivity (Wildman–Crippen MR) is 97.3 cm³/mol. The van der Waals surface area contributed by atoms with Gasteiger partial charge in [0.2, 0.25) is 0 Å². The zero-order valence-electron chi connectivity index (χ0n) is 13.5. The Hall–Kier alpha value is -2.01. The molecule has 2 aromatic rings. The summed E-state index contributed by atoms with van der Waals surface area (Å²) < 4.78 is 0. The summed E-state index contributed by atoms with van der Waals surface area (Å²) in [5.74, 6) is 3.10. The zero-order chi connectivity index (χ0) is 16.2. The van der Waals surface area contributed by atoms with Crippen LogP contribution >= 0.6 is 11.8 Å². The fourth-order valence-corrected chi connectivity index (χ4v) is 3.73. The van der Waals surface area contributed by atoms with E-state index in [1.807, 2.05) is 23.9 Å². The van der Waals surface area contributed by atoms with Gasteiger partial charge in [-0.2, -0.15) is 11.8 Å². The van der Waals surface area contributed by atoms with Crippen molar-refractivity contribution in [2.75, 3.05) is 36.5 Å². The molecular weight excluding hydrogens is 306 g/mol. The Morgan fingerprint density at radius 1 is 1.22 bits per heavy atom. The molecule has 1 aliphatic rings. The van der Waals surface area contributed by atoms with E-state index in [1.54, 1.807) is 13.2 Å². The lowest BCUT2D eigenvalue weighted by Gasteiger charge is -2.28. The van der Waals surface area contributed by atoms with Gasteiger partial charge in [0.15, 0.2) is 0 Å². The number of aromatic nitrogens is 1. The molecule has 1 saturated heterocycles. The number of hydrogen-bond acceptors (Lipinski definition) is 4. The van der Waals surface area contributed by atoms with E-state index in [0.29, 0.717) is 5.56 Å². The van der Waals surface area contributed by atoms with E-state index >= 15 is 0 Å². The number of nitrogens with one attached hydrogen (secondary N) is 1. The standard InChI is InChI=1S/C18H21N3OS/c1-13-5-3-4-6-14(13)15-11-17(21-7-9-23-10-8-21)20-12-16(15)18(22)19-2/h3-6,11-12H,7-10H2,1-2H3,(H,19,22). The Balaban J connectivity index is 2.09. The van der Waals surface area contributed by atoms with E-state index < -0.39 is 0 Å². The number of pyridine rings is 1. The topological polar surface area (TPSA) is 45.2 Å². The molecular formula is C18H21N3OS. The van der Waals surface area contributed by atoms with Gasteiger partial charge in [-0.3, -0.25) is 4.79 Å². The molecule has 0 bridgehead atoms. The quantitative estimate of drug-likeness (QED) is 0.941. The van der Waals surface area contributed by atoms with Gasteiger partial charge in [0.05, 0.1) is 5.56 Å². The van der Waals surface area contributed by atoms with Crippen LogP contribution in [0.4, 0.5) is 5.82 Å². The molecule has 1 amide bonds. The van der Waals surface area contributed by atoms with Crippen molar-refractivity contribution in [2.24, 2.45) is 0 Å².